The van der Waals surface area contributed by atoms with Gasteiger partial charge in [0, 0.05) is 18.2 Å². The van der Waals surface area contributed by atoms with Crippen LogP contribution in [-0.2, 0) is 10.0 Å². The molecule has 1 unspecified atom stereocenters. The van der Waals surface area contributed by atoms with Gasteiger partial charge in [-0.15, -0.1) is 0 Å². The lowest BCUT2D eigenvalue weighted by Gasteiger charge is -2.22. The Hall–Kier alpha value is -1.54. The van der Waals surface area contributed by atoms with Crippen LogP contribution in [0.4, 0.5) is 10.1 Å². The van der Waals surface area contributed by atoms with Gasteiger partial charge in [-0.2, -0.15) is 4.39 Å². The number of benzene rings is 1. The van der Waals surface area contributed by atoms with Gasteiger partial charge < -0.3 is 0 Å². The SMILES string of the molecule is CCC(CC)C(C)NS(=O)(=O)c1ccc([N+](=O)[O-])c(F)c1. The fourth-order valence-electron chi connectivity index (χ4n) is 2.21. The van der Waals surface area contributed by atoms with Crippen molar-refractivity contribution in [1.82, 2.24) is 4.72 Å². The number of nitrogens with zero attached hydrogens (tertiary/aromatic N) is 1. The molecule has 1 N–H and O–H groups in total. The van der Waals surface area contributed by atoms with Gasteiger partial charge in [-0.1, -0.05) is 26.7 Å². The number of nitro benzene ring substituents is 1. The summed E-state index contributed by atoms with van der Waals surface area (Å²) in [5, 5.41) is 10.5. The molecule has 0 bridgehead atoms. The van der Waals surface area contributed by atoms with Crippen LogP contribution in [-0.4, -0.2) is 19.4 Å². The summed E-state index contributed by atoms with van der Waals surface area (Å²) >= 11 is 0. The van der Waals surface area contributed by atoms with Crippen molar-refractivity contribution in [2.45, 2.75) is 44.6 Å². The summed E-state index contributed by atoms with van der Waals surface area (Å²) in [6.45, 7) is 5.67. The highest BCUT2D eigenvalue weighted by molar-refractivity contribution is 7.89. The summed E-state index contributed by atoms with van der Waals surface area (Å²) in [4.78, 5) is 9.31. The van der Waals surface area contributed by atoms with E-state index in [2.05, 4.69) is 4.72 Å². The van der Waals surface area contributed by atoms with E-state index in [0.717, 1.165) is 25.0 Å². The fraction of sp³-hybridized carbons (Fsp3) is 0.538. The van der Waals surface area contributed by atoms with Gasteiger partial charge in [-0.05, 0) is 18.9 Å². The molecular formula is C13H19FN2O4S. The van der Waals surface area contributed by atoms with Crippen LogP contribution in [0.2, 0.25) is 0 Å². The number of halogens is 1. The highest BCUT2D eigenvalue weighted by Crippen LogP contribution is 2.22. The van der Waals surface area contributed by atoms with E-state index in [1.807, 2.05) is 13.8 Å². The van der Waals surface area contributed by atoms with E-state index in [1.54, 1.807) is 6.92 Å². The first kappa shape index (κ1) is 17.5. The third-order valence-corrected chi connectivity index (χ3v) is 5.08. The molecule has 0 heterocycles. The molecule has 1 aromatic rings. The predicted molar refractivity (Wildman–Crippen MR) is 76.9 cm³/mol. The van der Waals surface area contributed by atoms with Crippen LogP contribution in [0, 0.1) is 21.8 Å². The summed E-state index contributed by atoms with van der Waals surface area (Å²) in [5.41, 5.74) is -0.748. The van der Waals surface area contributed by atoms with Gasteiger partial charge in [-0.25, -0.2) is 13.1 Å². The third kappa shape index (κ3) is 4.21. The van der Waals surface area contributed by atoms with Crippen LogP contribution in [0.5, 0.6) is 0 Å². The van der Waals surface area contributed by atoms with E-state index in [9.17, 15) is 22.9 Å². The van der Waals surface area contributed by atoms with Crippen molar-refractivity contribution in [3.05, 3.63) is 34.1 Å². The van der Waals surface area contributed by atoms with Crippen molar-refractivity contribution in [2.75, 3.05) is 0 Å². The Morgan fingerprint density at radius 1 is 1.33 bits per heavy atom. The molecule has 0 spiro atoms. The van der Waals surface area contributed by atoms with Gasteiger partial charge in [0.05, 0.1) is 9.82 Å². The van der Waals surface area contributed by atoms with E-state index >= 15 is 0 Å². The molecule has 0 aliphatic carbocycles. The maximum Gasteiger partial charge on any atom is 0.304 e. The number of rotatable bonds is 7. The number of nitrogens with one attached hydrogen (secondary N) is 1. The van der Waals surface area contributed by atoms with E-state index in [0.29, 0.717) is 6.07 Å². The van der Waals surface area contributed by atoms with Crippen molar-refractivity contribution in [1.29, 1.82) is 0 Å². The third-order valence-electron chi connectivity index (χ3n) is 3.52. The van der Waals surface area contributed by atoms with Crippen LogP contribution >= 0.6 is 0 Å². The minimum atomic E-state index is -3.90. The van der Waals surface area contributed by atoms with E-state index in [1.165, 1.54) is 0 Å². The lowest BCUT2D eigenvalue weighted by Crippen LogP contribution is -2.37. The fourth-order valence-corrected chi connectivity index (χ4v) is 3.53. The van der Waals surface area contributed by atoms with Gasteiger partial charge in [0.15, 0.2) is 0 Å². The summed E-state index contributed by atoms with van der Waals surface area (Å²) in [6.07, 6.45) is 1.63. The topological polar surface area (TPSA) is 89.3 Å². The summed E-state index contributed by atoms with van der Waals surface area (Å²) in [7, 11) is -3.90. The molecule has 0 amide bonds. The zero-order valence-corrected chi connectivity index (χ0v) is 13.0. The molecule has 118 valence electrons. The highest BCUT2D eigenvalue weighted by atomic mass is 32.2. The Morgan fingerprint density at radius 3 is 2.33 bits per heavy atom. The Kier molecular flexibility index (Phi) is 5.79. The minimum absolute atomic E-state index is 0.169. The lowest BCUT2D eigenvalue weighted by molar-refractivity contribution is -0.387. The molecule has 1 rings (SSSR count). The van der Waals surface area contributed by atoms with Gasteiger partial charge in [0.1, 0.15) is 0 Å². The van der Waals surface area contributed by atoms with Crippen LogP contribution < -0.4 is 4.72 Å². The maximum absolute atomic E-state index is 13.5. The highest BCUT2D eigenvalue weighted by Gasteiger charge is 2.24. The van der Waals surface area contributed by atoms with Crippen molar-refractivity contribution in [3.63, 3.8) is 0 Å². The second kappa shape index (κ2) is 6.95. The van der Waals surface area contributed by atoms with Crippen molar-refractivity contribution < 1.29 is 17.7 Å². The maximum atomic E-state index is 13.5. The molecule has 6 nitrogen and oxygen atoms in total. The van der Waals surface area contributed by atoms with Gasteiger partial charge in [0.25, 0.3) is 0 Å². The Morgan fingerprint density at radius 2 is 1.90 bits per heavy atom. The molecular weight excluding hydrogens is 299 g/mol. The van der Waals surface area contributed by atoms with Crippen LogP contribution in [0.3, 0.4) is 0 Å². The lowest BCUT2D eigenvalue weighted by atomic mass is 9.96. The molecule has 0 saturated heterocycles. The average Bonchev–Trinajstić information content (AvgIpc) is 2.38. The summed E-state index contributed by atoms with van der Waals surface area (Å²) < 4.78 is 40.3. The standard InChI is InChI=1S/C13H19FN2O4S/c1-4-10(5-2)9(3)15-21(19,20)11-6-7-13(16(17)18)12(14)8-11/h6-10,15H,4-5H2,1-3H3. The smallest absolute Gasteiger partial charge is 0.258 e. The molecule has 1 atom stereocenters. The molecule has 0 radical (unpaired) electrons. The monoisotopic (exact) mass is 318 g/mol. The molecule has 0 aliphatic heterocycles. The number of sulfonamides is 1. The zero-order valence-electron chi connectivity index (χ0n) is 12.2. The normalized spacial score (nSPS) is 13.4. The molecule has 0 fully saturated rings. The minimum Gasteiger partial charge on any atom is -0.258 e. The van der Waals surface area contributed by atoms with E-state index in [-0.39, 0.29) is 16.9 Å². The summed E-state index contributed by atoms with van der Waals surface area (Å²) in [6, 6.07) is 2.25. The molecule has 21 heavy (non-hydrogen) atoms. The van der Waals surface area contributed by atoms with Crippen molar-refractivity contribution >= 4 is 15.7 Å². The van der Waals surface area contributed by atoms with E-state index < -0.39 is 26.5 Å². The Balaban J connectivity index is 3.03. The number of hydrogen-bond acceptors (Lipinski definition) is 4. The largest absolute Gasteiger partial charge is 0.304 e. The van der Waals surface area contributed by atoms with Crippen LogP contribution in [0.15, 0.2) is 23.1 Å². The van der Waals surface area contributed by atoms with Crippen LogP contribution in [0.25, 0.3) is 0 Å². The summed E-state index contributed by atoms with van der Waals surface area (Å²) in [5.74, 6) is -0.999. The predicted octanol–water partition coefficient (Wildman–Crippen LogP) is 2.84. The first-order chi connectivity index (χ1) is 9.72. The molecule has 1 aromatic carbocycles. The average molecular weight is 318 g/mol. The van der Waals surface area contributed by atoms with Crippen LogP contribution in [0.1, 0.15) is 33.6 Å². The molecule has 8 heteroatoms. The van der Waals surface area contributed by atoms with Crippen molar-refractivity contribution in [2.24, 2.45) is 5.92 Å². The van der Waals surface area contributed by atoms with E-state index in [4.69, 9.17) is 0 Å². The molecule has 0 aromatic heterocycles. The van der Waals surface area contributed by atoms with Crippen molar-refractivity contribution in [3.8, 4) is 0 Å². The second-order valence-electron chi connectivity index (χ2n) is 4.86. The van der Waals surface area contributed by atoms with Gasteiger partial charge in [0.2, 0.25) is 15.8 Å². The Bertz CT molecular complexity index is 615. The molecule has 0 saturated carbocycles. The quantitative estimate of drug-likeness (QED) is 0.618. The molecule has 0 aliphatic rings. The number of nitro groups is 1. The second-order valence-corrected chi connectivity index (χ2v) is 6.57. The van der Waals surface area contributed by atoms with Gasteiger partial charge >= 0.3 is 5.69 Å². The first-order valence-corrected chi connectivity index (χ1v) is 8.17. The zero-order chi connectivity index (χ0) is 16.2. The Labute approximate surface area is 123 Å². The van der Waals surface area contributed by atoms with Gasteiger partial charge in [-0.3, -0.25) is 10.1 Å². The number of hydrogen-bond donors (Lipinski definition) is 1. The first-order valence-electron chi connectivity index (χ1n) is 6.69.